The molecule has 0 radical (unpaired) electrons. The molecule has 92 valence electrons. The van der Waals surface area contributed by atoms with E-state index in [1.807, 2.05) is 25.1 Å². The van der Waals surface area contributed by atoms with E-state index in [1.165, 1.54) is 0 Å². The number of nitrogens with zero attached hydrogens (tertiary/aromatic N) is 3. The van der Waals surface area contributed by atoms with Crippen LogP contribution in [0.25, 0.3) is 0 Å². The Balaban J connectivity index is 2.46. The van der Waals surface area contributed by atoms with Crippen LogP contribution in [0.3, 0.4) is 0 Å². The van der Waals surface area contributed by atoms with Crippen molar-refractivity contribution >= 4 is 29.2 Å². The van der Waals surface area contributed by atoms with Crippen LogP contribution >= 0.6 is 11.8 Å². The fourth-order valence-corrected chi connectivity index (χ4v) is 2.63. The molecule has 0 spiro atoms. The van der Waals surface area contributed by atoms with Crippen LogP contribution in [0.2, 0.25) is 0 Å². The van der Waals surface area contributed by atoms with Crippen LogP contribution < -0.4 is 15.5 Å². The van der Waals surface area contributed by atoms with E-state index in [0.717, 1.165) is 16.4 Å². The molecular formula is C11H16N4OS. The number of anilines is 2. The summed E-state index contributed by atoms with van der Waals surface area (Å²) in [6.07, 6.45) is 1.80. The second kappa shape index (κ2) is 4.54. The van der Waals surface area contributed by atoms with E-state index in [9.17, 15) is 4.79 Å². The maximum absolute atomic E-state index is 11.9. The van der Waals surface area contributed by atoms with Crippen LogP contribution in [-0.2, 0) is 4.79 Å². The molecule has 1 aliphatic rings. The van der Waals surface area contributed by atoms with Gasteiger partial charge in [0.25, 0.3) is 0 Å². The second-order valence-electron chi connectivity index (χ2n) is 4.22. The van der Waals surface area contributed by atoms with Gasteiger partial charge in [0.2, 0.25) is 5.91 Å². The van der Waals surface area contributed by atoms with Crippen molar-refractivity contribution in [2.24, 2.45) is 5.73 Å². The quantitative estimate of drug-likeness (QED) is 0.790. The summed E-state index contributed by atoms with van der Waals surface area (Å²) in [6, 6.07) is 1.47. The number of likely N-dealkylation sites (N-methyl/N-ethyl adjacent to an activating group) is 1. The summed E-state index contributed by atoms with van der Waals surface area (Å²) in [7, 11) is 5.60. The fraction of sp³-hybridized carbons (Fsp3) is 0.455. The third-order valence-corrected chi connectivity index (χ3v) is 3.87. The summed E-state index contributed by atoms with van der Waals surface area (Å²) in [4.78, 5) is 20.8. The summed E-state index contributed by atoms with van der Waals surface area (Å²) in [5, 5.41) is 0. The molecule has 1 atom stereocenters. The number of hydrogen-bond acceptors (Lipinski definition) is 5. The Morgan fingerprint density at radius 2 is 2.29 bits per heavy atom. The van der Waals surface area contributed by atoms with Crippen LogP contribution in [0.5, 0.6) is 0 Å². The van der Waals surface area contributed by atoms with Crippen LogP contribution in [0.15, 0.2) is 17.2 Å². The Labute approximate surface area is 105 Å². The lowest BCUT2D eigenvalue weighted by atomic mass is 10.2. The van der Waals surface area contributed by atoms with Crippen molar-refractivity contribution in [1.82, 2.24) is 4.98 Å². The molecule has 1 aromatic heterocycles. The predicted octanol–water partition coefficient (Wildman–Crippen LogP) is 0.543. The molecule has 1 aromatic rings. The minimum Gasteiger partial charge on any atom is -0.363 e. The van der Waals surface area contributed by atoms with E-state index < -0.39 is 6.04 Å². The number of fused-ring (bicyclic) bond motifs is 1. The summed E-state index contributed by atoms with van der Waals surface area (Å²) < 4.78 is 0. The first-order valence-corrected chi connectivity index (χ1v) is 6.32. The molecule has 2 heterocycles. The lowest BCUT2D eigenvalue weighted by Crippen LogP contribution is -2.42. The van der Waals surface area contributed by atoms with Gasteiger partial charge in [0.15, 0.2) is 0 Å². The lowest BCUT2D eigenvalue weighted by molar-refractivity contribution is -0.119. The number of nitrogens with two attached hydrogens (primary N) is 1. The first kappa shape index (κ1) is 12.2. The van der Waals surface area contributed by atoms with Crippen molar-refractivity contribution in [3.8, 4) is 0 Å². The first-order valence-electron chi connectivity index (χ1n) is 5.34. The van der Waals surface area contributed by atoms with Gasteiger partial charge in [-0.25, -0.2) is 4.98 Å². The average Bonchev–Trinajstić information content (AvgIpc) is 2.42. The van der Waals surface area contributed by atoms with Gasteiger partial charge < -0.3 is 15.5 Å². The summed E-state index contributed by atoms with van der Waals surface area (Å²) >= 11 is 1.58. The monoisotopic (exact) mass is 252 g/mol. The lowest BCUT2D eigenvalue weighted by Gasteiger charge is -2.20. The number of amides is 1. The van der Waals surface area contributed by atoms with Gasteiger partial charge in [-0.05, 0) is 0 Å². The molecule has 0 aromatic carbocycles. The van der Waals surface area contributed by atoms with Crippen molar-refractivity contribution < 1.29 is 4.79 Å². The third kappa shape index (κ3) is 2.23. The van der Waals surface area contributed by atoms with Crippen molar-refractivity contribution in [3.63, 3.8) is 0 Å². The second-order valence-corrected chi connectivity index (χ2v) is 5.28. The minimum absolute atomic E-state index is 0.0489. The fourth-order valence-electron chi connectivity index (χ4n) is 1.66. The van der Waals surface area contributed by atoms with E-state index in [0.29, 0.717) is 5.75 Å². The third-order valence-electron chi connectivity index (χ3n) is 2.72. The average molecular weight is 252 g/mol. The predicted molar refractivity (Wildman–Crippen MR) is 70.7 cm³/mol. The number of thioether (sulfide) groups is 1. The Morgan fingerprint density at radius 3 is 2.94 bits per heavy atom. The molecule has 0 aliphatic carbocycles. The standard InChI is InChI=1S/C11H16N4OS/c1-14(2)10-4-8-9(5-13-10)17-6-7(12)11(16)15(8)3/h4-5,7H,6,12H2,1-3H3/t7-/m0/s1. The Kier molecular flexibility index (Phi) is 3.26. The zero-order chi connectivity index (χ0) is 12.6. The van der Waals surface area contributed by atoms with Gasteiger partial charge in [-0.3, -0.25) is 4.79 Å². The van der Waals surface area contributed by atoms with E-state index in [2.05, 4.69) is 4.98 Å². The Bertz CT molecular complexity index is 449. The van der Waals surface area contributed by atoms with Gasteiger partial charge in [0.05, 0.1) is 11.7 Å². The molecule has 1 amide bonds. The molecule has 5 nitrogen and oxygen atoms in total. The zero-order valence-corrected chi connectivity index (χ0v) is 11.0. The van der Waals surface area contributed by atoms with Crippen molar-refractivity contribution in [3.05, 3.63) is 12.3 Å². The number of carbonyl (C=O) groups excluding carboxylic acids is 1. The largest absolute Gasteiger partial charge is 0.363 e. The van der Waals surface area contributed by atoms with E-state index >= 15 is 0 Å². The molecule has 0 saturated carbocycles. The van der Waals surface area contributed by atoms with Gasteiger partial charge >= 0.3 is 0 Å². The highest BCUT2D eigenvalue weighted by atomic mass is 32.2. The number of rotatable bonds is 1. The van der Waals surface area contributed by atoms with Crippen molar-refractivity contribution in [2.45, 2.75) is 10.9 Å². The molecule has 0 unspecified atom stereocenters. The highest BCUT2D eigenvalue weighted by molar-refractivity contribution is 7.99. The molecule has 2 rings (SSSR count). The number of hydrogen-bond donors (Lipinski definition) is 1. The Morgan fingerprint density at radius 1 is 1.59 bits per heavy atom. The summed E-state index contributed by atoms with van der Waals surface area (Å²) in [5.41, 5.74) is 6.68. The van der Waals surface area contributed by atoms with E-state index in [4.69, 9.17) is 5.73 Å². The van der Waals surface area contributed by atoms with Gasteiger partial charge in [-0.2, -0.15) is 0 Å². The molecular weight excluding hydrogens is 236 g/mol. The maximum atomic E-state index is 11.9. The molecule has 2 N–H and O–H groups in total. The molecule has 6 heteroatoms. The van der Waals surface area contributed by atoms with E-state index in [-0.39, 0.29) is 5.91 Å². The highest BCUT2D eigenvalue weighted by Crippen LogP contribution is 2.34. The number of carbonyl (C=O) groups is 1. The Hall–Kier alpha value is -1.27. The van der Waals surface area contributed by atoms with Crippen LogP contribution in [0.4, 0.5) is 11.5 Å². The van der Waals surface area contributed by atoms with Crippen LogP contribution in [0.1, 0.15) is 0 Å². The van der Waals surface area contributed by atoms with Gasteiger partial charge in [0.1, 0.15) is 5.82 Å². The molecule has 0 saturated heterocycles. The maximum Gasteiger partial charge on any atom is 0.244 e. The SMILES string of the molecule is CN(C)c1cc2c(cn1)SC[C@H](N)C(=O)N2C. The smallest absolute Gasteiger partial charge is 0.244 e. The normalized spacial score (nSPS) is 19.9. The highest BCUT2D eigenvalue weighted by Gasteiger charge is 2.26. The van der Waals surface area contributed by atoms with Crippen LogP contribution in [0, 0.1) is 0 Å². The molecule has 0 bridgehead atoms. The van der Waals surface area contributed by atoms with Gasteiger partial charge in [-0.1, -0.05) is 0 Å². The zero-order valence-electron chi connectivity index (χ0n) is 10.2. The van der Waals surface area contributed by atoms with Gasteiger partial charge in [0, 0.05) is 44.1 Å². The van der Waals surface area contributed by atoms with Crippen LogP contribution in [-0.4, -0.2) is 43.8 Å². The topological polar surface area (TPSA) is 62.5 Å². The first-order chi connectivity index (χ1) is 8.00. The summed E-state index contributed by atoms with van der Waals surface area (Å²) in [6.45, 7) is 0. The summed E-state index contributed by atoms with van der Waals surface area (Å²) in [5.74, 6) is 1.38. The number of aromatic nitrogens is 1. The van der Waals surface area contributed by atoms with Crippen molar-refractivity contribution in [1.29, 1.82) is 0 Å². The number of pyridine rings is 1. The van der Waals surface area contributed by atoms with E-state index in [1.54, 1.807) is 29.9 Å². The molecule has 0 fully saturated rings. The van der Waals surface area contributed by atoms with Crippen molar-refractivity contribution in [2.75, 3.05) is 36.7 Å². The minimum atomic E-state index is -0.444. The molecule has 1 aliphatic heterocycles. The van der Waals surface area contributed by atoms with Gasteiger partial charge in [-0.15, -0.1) is 11.8 Å². The molecule has 17 heavy (non-hydrogen) atoms.